The molecule has 3 N–H and O–H groups in total. The lowest BCUT2D eigenvalue weighted by Gasteiger charge is -2.43. The Hall–Kier alpha value is -3.37. The van der Waals surface area contributed by atoms with Gasteiger partial charge in [-0.3, -0.25) is 19.2 Å². The summed E-state index contributed by atoms with van der Waals surface area (Å²) in [4.78, 5) is 72.1. The molecule has 1 saturated carbocycles. The van der Waals surface area contributed by atoms with Crippen molar-refractivity contribution in [1.82, 2.24) is 4.90 Å². The summed E-state index contributed by atoms with van der Waals surface area (Å²) in [6.45, 7) is 16.6. The number of cyclic esters (lactones) is 1. The van der Waals surface area contributed by atoms with Crippen molar-refractivity contribution in [3.8, 4) is 0 Å². The zero-order valence-corrected chi connectivity index (χ0v) is 42.2. The first kappa shape index (κ1) is 56.2. The van der Waals surface area contributed by atoms with Crippen LogP contribution in [0.5, 0.6) is 0 Å². The molecule has 1 amide bonds. The lowest BCUT2D eigenvalue weighted by Crippen LogP contribution is -2.61. The summed E-state index contributed by atoms with van der Waals surface area (Å²) in [6, 6.07) is -1.14. The third-order valence-corrected chi connectivity index (χ3v) is 14.6. The number of ether oxygens (including phenoxy) is 5. The zero-order chi connectivity index (χ0) is 49.7. The molecule has 15 atom stereocenters. The number of amides is 1. The van der Waals surface area contributed by atoms with Gasteiger partial charge in [-0.1, -0.05) is 71.1 Å². The molecule has 3 fully saturated rings. The second kappa shape index (κ2) is 26.0. The van der Waals surface area contributed by atoms with Crippen LogP contribution in [0.3, 0.4) is 0 Å². The number of Topliss-reactive ketones (excluding diaryl/α,β-unsaturated/α-hetero) is 3. The molecular formula is C53H83NO13. The number of aliphatic hydroxyl groups is 3. The summed E-state index contributed by atoms with van der Waals surface area (Å²) in [6.07, 6.45) is 11.1. The number of aliphatic hydroxyl groups excluding tert-OH is 2. The molecule has 4 aliphatic rings. The van der Waals surface area contributed by atoms with Gasteiger partial charge in [0, 0.05) is 51.4 Å². The summed E-state index contributed by atoms with van der Waals surface area (Å²) in [7, 11) is 2.95. The van der Waals surface area contributed by atoms with Crippen LogP contribution in [0, 0.1) is 35.5 Å². The Labute approximate surface area is 399 Å². The van der Waals surface area contributed by atoms with Gasteiger partial charge in [0.1, 0.15) is 30.1 Å². The van der Waals surface area contributed by atoms with Gasteiger partial charge in [-0.25, -0.2) is 4.79 Å². The van der Waals surface area contributed by atoms with E-state index in [0.29, 0.717) is 63.4 Å². The Morgan fingerprint density at radius 3 is 2.24 bits per heavy atom. The van der Waals surface area contributed by atoms with E-state index in [1.54, 1.807) is 34.0 Å². The molecule has 3 heterocycles. The molecular weight excluding hydrogens is 859 g/mol. The number of carbonyl (C=O) groups is 5. The molecule has 0 radical (unpaired) electrons. The number of ketones is 3. The van der Waals surface area contributed by atoms with Crippen LogP contribution in [0.4, 0.5) is 0 Å². The second-order valence-electron chi connectivity index (χ2n) is 20.5. The molecule has 67 heavy (non-hydrogen) atoms. The number of nitrogens with zero attached hydrogens (tertiary/aromatic N) is 1. The Kier molecular flexibility index (Phi) is 21.8. The number of esters is 1. The lowest BCUT2D eigenvalue weighted by atomic mass is 9.78. The van der Waals surface area contributed by atoms with Gasteiger partial charge in [-0.05, 0) is 121 Å². The van der Waals surface area contributed by atoms with Gasteiger partial charge < -0.3 is 43.9 Å². The number of methoxy groups -OCH3 is 2. The van der Waals surface area contributed by atoms with Crippen LogP contribution >= 0.6 is 0 Å². The van der Waals surface area contributed by atoms with Crippen LogP contribution in [-0.4, -0.2) is 131 Å². The van der Waals surface area contributed by atoms with Crippen molar-refractivity contribution in [2.24, 2.45) is 35.5 Å². The maximum absolute atomic E-state index is 14.4. The van der Waals surface area contributed by atoms with Crippen molar-refractivity contribution < 1.29 is 63.0 Å². The van der Waals surface area contributed by atoms with Gasteiger partial charge >= 0.3 is 5.97 Å². The number of piperidine rings is 1. The normalized spacial score (nSPS) is 39.7. The fraction of sp³-hybridized carbons (Fsp3) is 0.755. The second-order valence-corrected chi connectivity index (χ2v) is 20.5. The van der Waals surface area contributed by atoms with E-state index >= 15 is 0 Å². The number of carbonyl (C=O) groups excluding carboxylic acids is 5. The number of fused-ring (bicyclic) bond motifs is 3. The fourth-order valence-electron chi connectivity index (χ4n) is 10.3. The zero-order valence-electron chi connectivity index (χ0n) is 42.2. The van der Waals surface area contributed by atoms with Crippen molar-refractivity contribution in [3.05, 3.63) is 47.6 Å². The standard InChI is InChI=1S/C53H83NO13/c1-31(2)65-44-29-40-22-20-38(9)53(62,67-40)50(59)51(60)54-24-16-15-19-41(54)52(61)66-45(35(6)27-39-21-23-42(55)46(28-39)63-10)30-43(56)34(5)26-37(8)48(58)49(64-11)47(57)36(7)25-32(3)17-13-12-14-18-33(44)4/h12-14,17-18,26,31-32,34-36,38-42,44-46,48-49,55,58,62H,15-16,19-25,27-30H2,1-11H3/b14-12+,17-13+,33-18+,37-26+/t32-,34-,35-,36-,38-,39+,40+,41+,42-,44?,45+,46-,48-,49+,53-/m1/s1. The highest BCUT2D eigenvalue weighted by Gasteiger charge is 2.53. The third-order valence-electron chi connectivity index (χ3n) is 14.6. The molecule has 2 saturated heterocycles. The number of rotatable bonds is 7. The Bertz CT molecular complexity index is 1800. The highest BCUT2D eigenvalue weighted by Crippen LogP contribution is 2.38. The van der Waals surface area contributed by atoms with Gasteiger partial charge in [0.15, 0.2) is 5.78 Å². The molecule has 0 aromatic carbocycles. The first-order chi connectivity index (χ1) is 31.6. The van der Waals surface area contributed by atoms with Crippen molar-refractivity contribution >= 4 is 29.2 Å². The minimum absolute atomic E-state index is 0.0150. The van der Waals surface area contributed by atoms with E-state index in [2.05, 4.69) is 0 Å². The van der Waals surface area contributed by atoms with E-state index in [-0.39, 0.29) is 60.9 Å². The molecule has 1 aliphatic carbocycles. The summed E-state index contributed by atoms with van der Waals surface area (Å²) in [5.41, 5.74) is 1.28. The van der Waals surface area contributed by atoms with Crippen molar-refractivity contribution in [2.75, 3.05) is 20.8 Å². The monoisotopic (exact) mass is 942 g/mol. The molecule has 0 spiro atoms. The van der Waals surface area contributed by atoms with Gasteiger partial charge in [-0.2, -0.15) is 0 Å². The van der Waals surface area contributed by atoms with E-state index in [1.165, 1.54) is 12.0 Å². The van der Waals surface area contributed by atoms with Crippen LogP contribution in [-0.2, 0) is 47.7 Å². The topological polar surface area (TPSA) is 195 Å². The Morgan fingerprint density at radius 2 is 1.57 bits per heavy atom. The molecule has 14 nitrogen and oxygen atoms in total. The fourth-order valence-corrected chi connectivity index (χ4v) is 10.3. The molecule has 4 rings (SSSR count). The molecule has 2 bridgehead atoms. The Balaban J connectivity index is 1.72. The molecule has 14 heteroatoms. The summed E-state index contributed by atoms with van der Waals surface area (Å²) < 4.78 is 30.0. The van der Waals surface area contributed by atoms with E-state index in [9.17, 15) is 39.3 Å². The number of allylic oxidation sites excluding steroid dienone is 6. The summed E-state index contributed by atoms with van der Waals surface area (Å²) >= 11 is 0. The van der Waals surface area contributed by atoms with Crippen molar-refractivity contribution in [1.29, 1.82) is 0 Å². The minimum atomic E-state index is -2.44. The highest BCUT2D eigenvalue weighted by atomic mass is 16.6. The van der Waals surface area contributed by atoms with Crippen LogP contribution in [0.15, 0.2) is 47.6 Å². The van der Waals surface area contributed by atoms with Gasteiger partial charge in [0.25, 0.3) is 11.7 Å². The lowest BCUT2D eigenvalue weighted by molar-refractivity contribution is -0.266. The molecule has 1 unspecified atom stereocenters. The third kappa shape index (κ3) is 15.3. The highest BCUT2D eigenvalue weighted by molar-refractivity contribution is 6.39. The average molecular weight is 942 g/mol. The van der Waals surface area contributed by atoms with Crippen LogP contribution in [0.25, 0.3) is 0 Å². The Morgan fingerprint density at radius 1 is 0.851 bits per heavy atom. The summed E-state index contributed by atoms with van der Waals surface area (Å²) in [5.74, 6) is -7.98. The van der Waals surface area contributed by atoms with Gasteiger partial charge in [0.2, 0.25) is 5.79 Å². The van der Waals surface area contributed by atoms with E-state index in [4.69, 9.17) is 23.7 Å². The predicted molar refractivity (Wildman–Crippen MR) is 254 cm³/mol. The van der Waals surface area contributed by atoms with Crippen LogP contribution in [0.2, 0.25) is 0 Å². The van der Waals surface area contributed by atoms with Gasteiger partial charge in [0.05, 0.1) is 30.5 Å². The quantitative estimate of drug-likeness (QED) is 0.135. The largest absolute Gasteiger partial charge is 0.460 e. The molecule has 3 aliphatic heterocycles. The smallest absolute Gasteiger partial charge is 0.329 e. The van der Waals surface area contributed by atoms with E-state index in [0.717, 1.165) is 12.0 Å². The SMILES string of the molecule is CO[C@@H]1C[C@H](C[C@@H](C)[C@@H]2CC(=O)[C@H](C)/C=C(\C)[C@@H](O)[C@@H](OC)C(=O)[C@H](C)C[C@H](C)/C=C/C=C/C=C(\C)C(OC(C)C)C[C@@H]3CC[C@@H](C)[C@@](O)(O3)C(=O)C(=O)N3CCCC[C@H]3C(=O)O2)CC[C@H]1O. The van der Waals surface area contributed by atoms with Crippen molar-refractivity contribution in [3.63, 3.8) is 0 Å². The van der Waals surface area contributed by atoms with Crippen LogP contribution in [0.1, 0.15) is 139 Å². The first-order valence-corrected chi connectivity index (χ1v) is 24.9. The first-order valence-electron chi connectivity index (χ1n) is 24.9. The predicted octanol–water partition coefficient (Wildman–Crippen LogP) is 6.96. The maximum Gasteiger partial charge on any atom is 0.329 e. The average Bonchev–Trinajstić information content (AvgIpc) is 3.29. The van der Waals surface area contributed by atoms with Gasteiger partial charge in [-0.15, -0.1) is 0 Å². The molecule has 0 aromatic heterocycles. The van der Waals surface area contributed by atoms with E-state index < -0.39 is 83.9 Å². The number of hydrogen-bond acceptors (Lipinski definition) is 13. The maximum atomic E-state index is 14.4. The van der Waals surface area contributed by atoms with Crippen molar-refractivity contribution in [2.45, 2.75) is 200 Å². The van der Waals surface area contributed by atoms with Crippen LogP contribution < -0.4 is 0 Å². The molecule has 378 valence electrons. The summed E-state index contributed by atoms with van der Waals surface area (Å²) in [5, 5.41) is 34.0. The number of hydrogen-bond donors (Lipinski definition) is 3. The molecule has 0 aromatic rings. The van der Waals surface area contributed by atoms with E-state index in [1.807, 2.05) is 71.9 Å². The minimum Gasteiger partial charge on any atom is -0.460 e.